The normalized spacial score (nSPS) is 48.8. The first-order chi connectivity index (χ1) is 12.2. The Kier molecular flexibility index (Phi) is 4.11. The fourth-order valence-electron chi connectivity index (χ4n) is 7.56. The highest BCUT2D eigenvalue weighted by Crippen LogP contribution is 2.67. The van der Waals surface area contributed by atoms with E-state index in [1.54, 1.807) is 6.08 Å². The third-order valence-electron chi connectivity index (χ3n) is 8.59. The molecular formula is C22H30O4. The van der Waals surface area contributed by atoms with Crippen molar-refractivity contribution in [2.24, 2.45) is 34.5 Å². The first-order valence-corrected chi connectivity index (χ1v) is 10.1. The second-order valence-corrected chi connectivity index (χ2v) is 9.75. The topological polar surface area (TPSA) is 74.6 Å². The van der Waals surface area contributed by atoms with Crippen molar-refractivity contribution >= 4 is 11.7 Å². The van der Waals surface area contributed by atoms with Gasteiger partial charge in [0, 0.05) is 0 Å². The van der Waals surface area contributed by atoms with E-state index in [9.17, 15) is 19.8 Å². The van der Waals surface area contributed by atoms with Crippen molar-refractivity contribution < 1.29 is 19.8 Å². The minimum Gasteiger partial charge on any atom is -0.393 e. The summed E-state index contributed by atoms with van der Waals surface area (Å²) in [7, 11) is 0. The number of carbonyl (C=O) groups excluding carboxylic acids is 2. The SMILES string of the molecule is CC(O)[C@H]1CC[C@H]2[C@@H]3CCC4=CC(=O)C(=C=O)C[C@]4(C)[C@H]3C(O)C[C@]12C. The quantitative estimate of drug-likeness (QED) is 0.558. The monoisotopic (exact) mass is 358 g/mol. The number of allylic oxidation sites excluding steroid dienone is 2. The fraction of sp³-hybridized carbons (Fsp3) is 0.773. The number of ketones is 1. The molecule has 0 bridgehead atoms. The van der Waals surface area contributed by atoms with Gasteiger partial charge in [-0.3, -0.25) is 4.79 Å². The molecular weight excluding hydrogens is 328 g/mol. The van der Waals surface area contributed by atoms with Crippen LogP contribution in [0.3, 0.4) is 0 Å². The van der Waals surface area contributed by atoms with Crippen molar-refractivity contribution in [1.29, 1.82) is 0 Å². The van der Waals surface area contributed by atoms with E-state index in [-0.39, 0.29) is 40.1 Å². The standard InChI is InChI=1S/C22H30O4/c1-12(24)16-6-7-17-15-5-4-14-8-18(25)13(11-23)9-21(14,2)20(15)19(26)10-22(16,17)3/h8,12,15-17,19-20,24,26H,4-7,9-10H2,1-3H3/t12?,15-,16+,17-,19?,20+,21-,22+/m0/s1. The Labute approximate surface area is 155 Å². The predicted octanol–water partition coefficient (Wildman–Crippen LogP) is 2.85. The van der Waals surface area contributed by atoms with Gasteiger partial charge in [-0.2, -0.15) is 0 Å². The zero-order chi connectivity index (χ0) is 18.9. The lowest BCUT2D eigenvalue weighted by atomic mass is 9.45. The molecule has 2 unspecified atom stereocenters. The molecule has 3 fully saturated rings. The second-order valence-electron chi connectivity index (χ2n) is 9.75. The van der Waals surface area contributed by atoms with Crippen LogP contribution in [0, 0.1) is 34.5 Å². The summed E-state index contributed by atoms with van der Waals surface area (Å²) in [4.78, 5) is 23.4. The molecule has 0 saturated heterocycles. The molecule has 8 atom stereocenters. The number of rotatable bonds is 1. The van der Waals surface area contributed by atoms with Gasteiger partial charge in [-0.1, -0.05) is 19.4 Å². The van der Waals surface area contributed by atoms with Crippen molar-refractivity contribution in [3.05, 3.63) is 17.2 Å². The molecule has 26 heavy (non-hydrogen) atoms. The molecule has 4 nitrogen and oxygen atoms in total. The van der Waals surface area contributed by atoms with E-state index in [2.05, 4.69) is 13.8 Å². The van der Waals surface area contributed by atoms with Gasteiger partial charge in [0.05, 0.1) is 17.8 Å². The molecule has 0 aromatic carbocycles. The van der Waals surface area contributed by atoms with Crippen LogP contribution in [0.2, 0.25) is 0 Å². The van der Waals surface area contributed by atoms with Crippen LogP contribution in [0.15, 0.2) is 17.2 Å². The number of aliphatic hydroxyl groups excluding tert-OH is 2. The molecule has 0 aromatic rings. The smallest absolute Gasteiger partial charge is 0.192 e. The largest absolute Gasteiger partial charge is 0.393 e. The van der Waals surface area contributed by atoms with Gasteiger partial charge in [0.1, 0.15) is 5.94 Å². The summed E-state index contributed by atoms with van der Waals surface area (Å²) in [6.45, 7) is 6.27. The minimum atomic E-state index is -0.463. The molecule has 4 aliphatic carbocycles. The Morgan fingerprint density at radius 3 is 2.65 bits per heavy atom. The number of aliphatic hydroxyl groups is 2. The van der Waals surface area contributed by atoms with Gasteiger partial charge >= 0.3 is 0 Å². The molecule has 0 aromatic heterocycles. The average Bonchev–Trinajstić information content (AvgIpc) is 2.91. The van der Waals surface area contributed by atoms with Crippen LogP contribution in [0.5, 0.6) is 0 Å². The first-order valence-electron chi connectivity index (χ1n) is 10.1. The van der Waals surface area contributed by atoms with E-state index in [1.165, 1.54) is 0 Å². The molecule has 3 saturated carbocycles. The Morgan fingerprint density at radius 2 is 2.00 bits per heavy atom. The molecule has 0 amide bonds. The van der Waals surface area contributed by atoms with Crippen LogP contribution in [0.4, 0.5) is 0 Å². The third kappa shape index (κ3) is 2.28. The van der Waals surface area contributed by atoms with Crippen molar-refractivity contribution in [3.63, 3.8) is 0 Å². The van der Waals surface area contributed by atoms with Gasteiger partial charge in [-0.05, 0) is 86.0 Å². The Hall–Kier alpha value is -1.22. The van der Waals surface area contributed by atoms with Crippen LogP contribution < -0.4 is 0 Å². The van der Waals surface area contributed by atoms with Gasteiger partial charge in [-0.25, -0.2) is 4.79 Å². The maximum absolute atomic E-state index is 12.1. The van der Waals surface area contributed by atoms with Crippen LogP contribution in [0.25, 0.3) is 0 Å². The van der Waals surface area contributed by atoms with E-state index in [4.69, 9.17) is 0 Å². The zero-order valence-electron chi connectivity index (χ0n) is 16.0. The van der Waals surface area contributed by atoms with Crippen molar-refractivity contribution in [2.75, 3.05) is 0 Å². The van der Waals surface area contributed by atoms with Crippen LogP contribution >= 0.6 is 0 Å². The molecule has 0 aliphatic heterocycles. The van der Waals surface area contributed by atoms with Gasteiger partial charge in [-0.15, -0.1) is 0 Å². The molecule has 0 spiro atoms. The fourth-order valence-corrected chi connectivity index (χ4v) is 7.56. The summed E-state index contributed by atoms with van der Waals surface area (Å²) in [6, 6.07) is 0. The highest BCUT2D eigenvalue weighted by atomic mass is 16.3. The summed E-state index contributed by atoms with van der Waals surface area (Å²) in [5, 5.41) is 21.5. The maximum atomic E-state index is 12.1. The van der Waals surface area contributed by atoms with Crippen LogP contribution in [-0.2, 0) is 9.59 Å². The molecule has 0 radical (unpaired) electrons. The third-order valence-corrected chi connectivity index (χ3v) is 8.59. The van der Waals surface area contributed by atoms with Gasteiger partial charge in [0.25, 0.3) is 0 Å². The molecule has 4 heteroatoms. The summed E-state index contributed by atoms with van der Waals surface area (Å²) in [5.74, 6) is 2.85. The lowest BCUT2D eigenvalue weighted by molar-refractivity contribution is -0.136. The predicted molar refractivity (Wildman–Crippen MR) is 97.9 cm³/mol. The molecule has 4 rings (SSSR count). The molecule has 4 aliphatic rings. The summed E-state index contributed by atoms with van der Waals surface area (Å²) < 4.78 is 0. The Bertz CT molecular complexity index is 716. The van der Waals surface area contributed by atoms with Crippen molar-refractivity contribution in [3.8, 4) is 0 Å². The maximum Gasteiger partial charge on any atom is 0.192 e. The Morgan fingerprint density at radius 1 is 1.27 bits per heavy atom. The van der Waals surface area contributed by atoms with Gasteiger partial charge in [0.15, 0.2) is 5.78 Å². The van der Waals surface area contributed by atoms with Crippen molar-refractivity contribution in [2.45, 2.75) is 71.5 Å². The summed E-state index contributed by atoms with van der Waals surface area (Å²) >= 11 is 0. The summed E-state index contributed by atoms with van der Waals surface area (Å²) in [5.41, 5.74) is 0.981. The lowest BCUT2D eigenvalue weighted by Gasteiger charge is -2.60. The first kappa shape index (κ1) is 18.2. The number of carbonyl (C=O) groups is 1. The Balaban J connectivity index is 1.75. The van der Waals surface area contributed by atoms with Crippen LogP contribution in [-0.4, -0.2) is 34.1 Å². The summed E-state index contributed by atoms with van der Waals surface area (Å²) in [6.07, 6.45) is 5.92. The highest BCUT2D eigenvalue weighted by Gasteiger charge is 2.62. The van der Waals surface area contributed by atoms with Gasteiger partial charge in [0.2, 0.25) is 0 Å². The average molecular weight is 358 g/mol. The van der Waals surface area contributed by atoms with E-state index in [1.807, 2.05) is 12.9 Å². The van der Waals surface area contributed by atoms with Crippen LogP contribution in [0.1, 0.15) is 59.3 Å². The van der Waals surface area contributed by atoms with E-state index >= 15 is 0 Å². The zero-order valence-corrected chi connectivity index (χ0v) is 16.0. The number of hydrogen-bond donors (Lipinski definition) is 2. The van der Waals surface area contributed by atoms with Crippen molar-refractivity contribution in [1.82, 2.24) is 0 Å². The lowest BCUT2D eigenvalue weighted by Crippen LogP contribution is -2.57. The number of hydrogen-bond acceptors (Lipinski definition) is 4. The van der Waals surface area contributed by atoms with E-state index in [0.29, 0.717) is 24.7 Å². The van der Waals surface area contributed by atoms with E-state index < -0.39 is 6.10 Å². The molecule has 0 heterocycles. The second kappa shape index (κ2) is 5.89. The van der Waals surface area contributed by atoms with E-state index in [0.717, 1.165) is 31.3 Å². The molecule has 142 valence electrons. The molecule has 2 N–H and O–H groups in total. The van der Waals surface area contributed by atoms with Gasteiger partial charge < -0.3 is 10.2 Å². The number of fused-ring (bicyclic) bond motifs is 5. The highest BCUT2D eigenvalue weighted by molar-refractivity contribution is 6.10. The minimum absolute atomic E-state index is 0.0276.